The van der Waals surface area contributed by atoms with Gasteiger partial charge in [0.15, 0.2) is 5.82 Å². The van der Waals surface area contributed by atoms with Gasteiger partial charge < -0.3 is 9.84 Å². The van der Waals surface area contributed by atoms with E-state index in [0.717, 1.165) is 29.1 Å². The molecule has 0 aliphatic heterocycles. The van der Waals surface area contributed by atoms with E-state index in [4.69, 9.17) is 4.52 Å². The topological polar surface area (TPSA) is 98.7 Å². The van der Waals surface area contributed by atoms with Gasteiger partial charge in [0.25, 0.3) is 11.8 Å². The van der Waals surface area contributed by atoms with Crippen molar-refractivity contribution in [3.05, 3.63) is 64.8 Å². The maximum atomic E-state index is 12.3. The lowest BCUT2D eigenvalue weighted by molar-refractivity contribution is 0.0947. The van der Waals surface area contributed by atoms with Gasteiger partial charge in [0.2, 0.25) is 0 Å². The predicted octanol–water partition coefficient (Wildman–Crippen LogP) is 3.19. The van der Waals surface area contributed by atoms with Crippen molar-refractivity contribution in [1.82, 2.24) is 30.0 Å². The summed E-state index contributed by atoms with van der Waals surface area (Å²) in [6, 6.07) is 7.58. The van der Waals surface area contributed by atoms with Crippen LogP contribution in [0.25, 0.3) is 17.3 Å². The maximum Gasteiger partial charge on any atom is 0.271 e. The molecule has 8 nitrogen and oxygen atoms in total. The molecule has 1 aliphatic rings. The lowest BCUT2D eigenvalue weighted by Gasteiger charge is -2.02. The summed E-state index contributed by atoms with van der Waals surface area (Å²) in [5, 5.41) is 8.89. The van der Waals surface area contributed by atoms with E-state index in [9.17, 15) is 4.79 Å². The molecule has 1 N–H and O–H groups in total. The van der Waals surface area contributed by atoms with Crippen molar-refractivity contribution < 1.29 is 9.32 Å². The number of nitrogens with zero attached hydrogens (tertiary/aromatic N) is 5. The van der Waals surface area contributed by atoms with E-state index in [2.05, 4.69) is 25.4 Å². The molecule has 1 saturated carbocycles. The molecular weight excluding hydrogens is 376 g/mol. The fraction of sp³-hybridized carbons (Fsp3) is 0.211. The number of carbonyl (C=O) groups excluding carboxylic acids is 1. The third-order valence-corrected chi connectivity index (χ3v) is 5.34. The predicted molar refractivity (Wildman–Crippen MR) is 102 cm³/mol. The van der Waals surface area contributed by atoms with Crippen LogP contribution in [0.15, 0.2) is 52.9 Å². The van der Waals surface area contributed by atoms with Gasteiger partial charge in [-0.1, -0.05) is 11.2 Å². The molecule has 4 aromatic rings. The highest BCUT2D eigenvalue weighted by Crippen LogP contribution is 2.38. The second-order valence-corrected chi connectivity index (χ2v) is 7.60. The van der Waals surface area contributed by atoms with E-state index in [1.54, 1.807) is 34.6 Å². The zero-order valence-electron chi connectivity index (χ0n) is 14.8. The number of amides is 1. The Morgan fingerprint density at radius 2 is 2.25 bits per heavy atom. The number of carbonyl (C=O) groups is 1. The summed E-state index contributed by atoms with van der Waals surface area (Å²) in [5.74, 6) is 2.06. The van der Waals surface area contributed by atoms with Crippen LogP contribution in [0, 0.1) is 0 Å². The number of rotatable bonds is 6. The van der Waals surface area contributed by atoms with Crippen LogP contribution >= 0.6 is 11.3 Å². The van der Waals surface area contributed by atoms with E-state index in [-0.39, 0.29) is 5.91 Å². The first kappa shape index (κ1) is 16.8. The van der Waals surface area contributed by atoms with Crippen LogP contribution in [-0.4, -0.2) is 30.6 Å². The zero-order chi connectivity index (χ0) is 18.9. The molecule has 4 heterocycles. The van der Waals surface area contributed by atoms with Crippen molar-refractivity contribution >= 4 is 17.2 Å². The highest BCUT2D eigenvalue weighted by Gasteiger charge is 2.29. The molecule has 0 saturated heterocycles. The zero-order valence-corrected chi connectivity index (χ0v) is 15.6. The van der Waals surface area contributed by atoms with Crippen molar-refractivity contribution in [3.63, 3.8) is 0 Å². The molecule has 1 fully saturated rings. The number of hydrogen-bond acceptors (Lipinski definition) is 7. The smallest absolute Gasteiger partial charge is 0.271 e. The largest absolute Gasteiger partial charge is 0.346 e. The average Bonchev–Trinajstić information content (AvgIpc) is 3.16. The first-order chi connectivity index (χ1) is 13.8. The Morgan fingerprint density at radius 1 is 1.32 bits per heavy atom. The van der Waals surface area contributed by atoms with Crippen molar-refractivity contribution in [1.29, 1.82) is 0 Å². The molecule has 1 aliphatic carbocycles. The van der Waals surface area contributed by atoms with Crippen molar-refractivity contribution in [3.8, 4) is 17.3 Å². The summed E-state index contributed by atoms with van der Waals surface area (Å²) in [5.41, 5.74) is 1.11. The van der Waals surface area contributed by atoms with Crippen LogP contribution < -0.4 is 5.32 Å². The molecule has 0 radical (unpaired) electrons. The quantitative estimate of drug-likeness (QED) is 0.541. The minimum absolute atomic E-state index is 0.228. The average molecular weight is 392 g/mol. The minimum atomic E-state index is -0.228. The summed E-state index contributed by atoms with van der Waals surface area (Å²) in [4.78, 5) is 26.4. The molecule has 0 unspecified atom stereocenters. The third kappa shape index (κ3) is 3.44. The van der Waals surface area contributed by atoms with Crippen molar-refractivity contribution in [2.24, 2.45) is 0 Å². The summed E-state index contributed by atoms with van der Waals surface area (Å²) < 4.78 is 7.07. The molecule has 4 aromatic heterocycles. The van der Waals surface area contributed by atoms with Gasteiger partial charge in [-0.25, -0.2) is 9.97 Å². The van der Waals surface area contributed by atoms with E-state index in [1.165, 1.54) is 0 Å². The van der Waals surface area contributed by atoms with E-state index >= 15 is 0 Å². The molecule has 0 atom stereocenters. The van der Waals surface area contributed by atoms with Crippen LogP contribution in [0.5, 0.6) is 0 Å². The monoisotopic (exact) mass is 392 g/mol. The van der Waals surface area contributed by atoms with Crippen LogP contribution in [0.2, 0.25) is 0 Å². The van der Waals surface area contributed by atoms with E-state index in [1.807, 2.05) is 29.6 Å². The molecule has 9 heteroatoms. The number of pyridine rings is 1. The van der Waals surface area contributed by atoms with Crippen molar-refractivity contribution in [2.45, 2.75) is 25.3 Å². The maximum absolute atomic E-state index is 12.3. The molecule has 0 spiro atoms. The number of imidazole rings is 1. The molecule has 0 bridgehead atoms. The summed E-state index contributed by atoms with van der Waals surface area (Å²) in [6.07, 6.45) is 7.12. The normalized spacial score (nSPS) is 13.6. The van der Waals surface area contributed by atoms with Gasteiger partial charge >= 0.3 is 0 Å². The second kappa shape index (κ2) is 7.01. The fourth-order valence-electron chi connectivity index (χ4n) is 2.79. The van der Waals surface area contributed by atoms with Crippen molar-refractivity contribution in [2.75, 3.05) is 0 Å². The number of nitrogens with one attached hydrogen (secondary N) is 1. The van der Waals surface area contributed by atoms with Gasteiger partial charge in [0, 0.05) is 28.8 Å². The molecule has 140 valence electrons. The Labute approximate surface area is 164 Å². The van der Waals surface area contributed by atoms with Crippen LogP contribution in [0.1, 0.15) is 39.9 Å². The molecular formula is C19H16N6O2S. The fourth-order valence-corrected chi connectivity index (χ4v) is 3.43. The van der Waals surface area contributed by atoms with Gasteiger partial charge in [-0.05, 0) is 36.4 Å². The van der Waals surface area contributed by atoms with E-state index < -0.39 is 0 Å². The van der Waals surface area contributed by atoms with Gasteiger partial charge in [0.05, 0.1) is 6.54 Å². The standard InChI is InChI=1S/C19H16N6O2S/c26-18(21-9-14-2-1-7-28-14)15-10-25(11-22-15)16-8-13(5-6-20-16)19-23-17(24-27-19)12-3-4-12/h1-2,5-8,10-12H,3-4,9H2,(H,21,26). The van der Waals surface area contributed by atoms with Gasteiger partial charge in [-0.2, -0.15) is 4.98 Å². The molecule has 0 aromatic carbocycles. The Balaban J connectivity index is 1.32. The van der Waals surface area contributed by atoms with Crippen LogP contribution in [-0.2, 0) is 6.54 Å². The number of thiophene rings is 1. The number of aromatic nitrogens is 5. The second-order valence-electron chi connectivity index (χ2n) is 6.56. The first-order valence-electron chi connectivity index (χ1n) is 8.91. The van der Waals surface area contributed by atoms with Crippen LogP contribution in [0.4, 0.5) is 0 Å². The summed E-state index contributed by atoms with van der Waals surface area (Å²) in [7, 11) is 0. The Hall–Kier alpha value is -3.33. The highest BCUT2D eigenvalue weighted by molar-refractivity contribution is 7.09. The van der Waals surface area contributed by atoms with Crippen LogP contribution in [0.3, 0.4) is 0 Å². The SMILES string of the molecule is O=C(NCc1cccs1)c1cn(-c2cc(-c3nc(C4CC4)no3)ccn2)cn1. The van der Waals surface area contributed by atoms with Gasteiger partial charge in [0.1, 0.15) is 17.8 Å². The highest BCUT2D eigenvalue weighted by atomic mass is 32.1. The lowest BCUT2D eigenvalue weighted by atomic mass is 10.2. The molecule has 28 heavy (non-hydrogen) atoms. The Kier molecular flexibility index (Phi) is 4.21. The minimum Gasteiger partial charge on any atom is -0.346 e. The lowest BCUT2D eigenvalue weighted by Crippen LogP contribution is -2.22. The van der Waals surface area contributed by atoms with Gasteiger partial charge in [-0.15, -0.1) is 11.3 Å². The molecule has 1 amide bonds. The van der Waals surface area contributed by atoms with E-state index in [0.29, 0.717) is 29.9 Å². The Bertz CT molecular complexity index is 1110. The summed E-state index contributed by atoms with van der Waals surface area (Å²) in [6.45, 7) is 0.484. The first-order valence-corrected chi connectivity index (χ1v) is 9.79. The Morgan fingerprint density at radius 3 is 3.07 bits per heavy atom. The summed E-state index contributed by atoms with van der Waals surface area (Å²) >= 11 is 1.60. The molecule has 5 rings (SSSR count). The van der Waals surface area contributed by atoms with Gasteiger partial charge in [-0.3, -0.25) is 9.36 Å². The third-order valence-electron chi connectivity index (χ3n) is 4.46. The number of hydrogen-bond donors (Lipinski definition) is 1.